The number of anilines is 2. The Kier molecular flexibility index (Phi) is 4.59. The first-order chi connectivity index (χ1) is 16.4. The van der Waals surface area contributed by atoms with Crippen LogP contribution in [0.2, 0.25) is 0 Å². The van der Waals surface area contributed by atoms with Crippen molar-refractivity contribution in [2.75, 3.05) is 5.32 Å². The Morgan fingerprint density at radius 3 is 2.76 bits per heavy atom. The van der Waals surface area contributed by atoms with Crippen molar-refractivity contribution in [1.29, 1.82) is 0 Å². The molecule has 0 bridgehead atoms. The molecule has 1 aromatic carbocycles. The molecule has 2 saturated carbocycles. The lowest BCUT2D eigenvalue weighted by molar-refractivity contribution is 0.253. The minimum absolute atomic E-state index is 0.205. The van der Waals surface area contributed by atoms with E-state index < -0.39 is 5.69 Å². The van der Waals surface area contributed by atoms with Gasteiger partial charge in [-0.25, -0.2) is 9.78 Å². The van der Waals surface area contributed by atoms with Crippen molar-refractivity contribution in [3.05, 3.63) is 68.5 Å². The largest absolute Gasteiger partial charge is 0.493 e. The van der Waals surface area contributed by atoms with Crippen LogP contribution in [0.5, 0.6) is 5.88 Å². The van der Waals surface area contributed by atoms with Gasteiger partial charge in [-0.1, -0.05) is 12.1 Å². The Morgan fingerprint density at radius 1 is 1.29 bits per heavy atom. The highest BCUT2D eigenvalue weighted by Gasteiger charge is 2.34. The molecule has 10 nitrogen and oxygen atoms in total. The van der Waals surface area contributed by atoms with E-state index in [1.165, 1.54) is 12.0 Å². The molecule has 0 atom stereocenters. The molecule has 2 aliphatic carbocycles. The average Bonchev–Trinajstić information content (AvgIpc) is 3.42. The summed E-state index contributed by atoms with van der Waals surface area (Å²) in [7, 11) is 0. The fourth-order valence-corrected chi connectivity index (χ4v) is 4.36. The van der Waals surface area contributed by atoms with E-state index in [0.717, 1.165) is 36.9 Å². The lowest BCUT2D eigenvalue weighted by Gasteiger charge is -2.39. The number of rotatable bonds is 5. The van der Waals surface area contributed by atoms with Crippen LogP contribution in [0.15, 0.2) is 40.2 Å². The van der Waals surface area contributed by atoms with Crippen LogP contribution < -0.4 is 27.4 Å². The van der Waals surface area contributed by atoms with Gasteiger partial charge in [-0.15, -0.1) is 0 Å². The molecule has 3 aromatic heterocycles. The van der Waals surface area contributed by atoms with Crippen molar-refractivity contribution in [2.24, 2.45) is 10.7 Å². The van der Waals surface area contributed by atoms with Crippen LogP contribution in [-0.2, 0) is 5.54 Å². The number of benzene rings is 1. The molecule has 10 heteroatoms. The smallest absolute Gasteiger partial charge is 0.326 e. The van der Waals surface area contributed by atoms with Crippen LogP contribution in [0.25, 0.3) is 11.7 Å². The van der Waals surface area contributed by atoms with Gasteiger partial charge in [-0.05, 0) is 62.3 Å². The number of fused-ring (bicyclic) bond motifs is 1. The summed E-state index contributed by atoms with van der Waals surface area (Å²) in [5.41, 5.74) is 10.5. The van der Waals surface area contributed by atoms with E-state index in [1.807, 2.05) is 12.1 Å². The Hall–Kier alpha value is -3.92. The van der Waals surface area contributed by atoms with Crippen molar-refractivity contribution in [3.63, 3.8) is 0 Å². The molecule has 6 rings (SSSR count). The molecule has 2 aliphatic rings. The summed E-state index contributed by atoms with van der Waals surface area (Å²) in [6.07, 6.45) is 8.61. The van der Waals surface area contributed by atoms with Crippen LogP contribution in [0, 0.1) is 6.92 Å². The van der Waals surface area contributed by atoms with Gasteiger partial charge in [0.1, 0.15) is 11.5 Å². The van der Waals surface area contributed by atoms with E-state index in [2.05, 4.69) is 39.4 Å². The monoisotopic (exact) mass is 458 g/mol. The third-order valence-electron chi connectivity index (χ3n) is 6.69. The summed E-state index contributed by atoms with van der Waals surface area (Å²) in [5, 5.41) is 18.5. The molecule has 3 heterocycles. The number of hydrogen-bond acceptors (Lipinski definition) is 7. The normalized spacial score (nSPS) is 18.4. The van der Waals surface area contributed by atoms with Gasteiger partial charge in [0.25, 0.3) is 0 Å². The SMILES string of the molecule is Cc1cc(C2(N)CCC2)ccc1Nc1cc(=NC2CC2)n2ncc(=Cc3[nH]c(=O)[nH]c3O)c2n1. The molecular weight excluding hydrogens is 432 g/mol. The molecule has 0 radical (unpaired) electrons. The van der Waals surface area contributed by atoms with Gasteiger partial charge in [0.05, 0.1) is 12.2 Å². The van der Waals surface area contributed by atoms with Gasteiger partial charge in [0.2, 0.25) is 5.88 Å². The van der Waals surface area contributed by atoms with Crippen molar-refractivity contribution in [1.82, 2.24) is 24.6 Å². The molecule has 0 spiro atoms. The van der Waals surface area contributed by atoms with Gasteiger partial charge < -0.3 is 21.1 Å². The Bertz CT molecular complexity index is 1590. The van der Waals surface area contributed by atoms with E-state index in [9.17, 15) is 9.90 Å². The standard InChI is InChI=1S/C24H26N8O2/c1-13-9-15(24(25)7-2-8-24)3-6-17(13)28-19-11-20(27-16-4-5-16)32-21(30-19)14(12-26-32)10-18-22(33)31-23(34)29-18/h3,6,9-12,16,28,33H,2,4-5,7-8,25H2,1H3,(H2,29,31,34). The predicted molar refractivity (Wildman–Crippen MR) is 128 cm³/mol. The van der Waals surface area contributed by atoms with Crippen molar-refractivity contribution >= 4 is 23.2 Å². The topological polar surface area (TPSA) is 149 Å². The molecule has 0 saturated heterocycles. The highest BCUT2D eigenvalue weighted by Crippen LogP contribution is 2.39. The van der Waals surface area contributed by atoms with E-state index in [-0.39, 0.29) is 17.1 Å². The van der Waals surface area contributed by atoms with Gasteiger partial charge in [-0.2, -0.15) is 9.61 Å². The average molecular weight is 459 g/mol. The van der Waals surface area contributed by atoms with Crippen LogP contribution in [0.3, 0.4) is 0 Å². The van der Waals surface area contributed by atoms with Crippen LogP contribution in [-0.4, -0.2) is 35.7 Å². The molecule has 4 aromatic rings. The highest BCUT2D eigenvalue weighted by molar-refractivity contribution is 5.64. The summed E-state index contributed by atoms with van der Waals surface area (Å²) in [5.74, 6) is 0.400. The van der Waals surface area contributed by atoms with E-state index in [1.54, 1.807) is 16.8 Å². The molecule has 174 valence electrons. The number of nitrogens with zero attached hydrogens (tertiary/aromatic N) is 4. The zero-order chi connectivity index (χ0) is 23.4. The van der Waals surface area contributed by atoms with Crippen LogP contribution >= 0.6 is 0 Å². The number of aromatic amines is 2. The summed E-state index contributed by atoms with van der Waals surface area (Å²) in [6, 6.07) is 8.48. The van der Waals surface area contributed by atoms with Crippen molar-refractivity contribution in [2.45, 2.75) is 50.6 Å². The number of aryl methyl sites for hydroxylation is 1. The zero-order valence-electron chi connectivity index (χ0n) is 18.8. The first kappa shape index (κ1) is 20.7. The molecule has 0 unspecified atom stereocenters. The Morgan fingerprint density at radius 2 is 2.12 bits per heavy atom. The quantitative estimate of drug-likeness (QED) is 0.306. The van der Waals surface area contributed by atoms with E-state index >= 15 is 0 Å². The summed E-state index contributed by atoms with van der Waals surface area (Å²) < 4.78 is 1.68. The first-order valence-electron chi connectivity index (χ1n) is 11.5. The van der Waals surface area contributed by atoms with Crippen LogP contribution in [0.4, 0.5) is 11.5 Å². The van der Waals surface area contributed by atoms with Crippen molar-refractivity contribution < 1.29 is 5.11 Å². The molecule has 0 amide bonds. The number of nitrogens with one attached hydrogen (secondary N) is 3. The van der Waals surface area contributed by atoms with Crippen molar-refractivity contribution in [3.8, 4) is 5.88 Å². The second kappa shape index (κ2) is 7.56. The van der Waals surface area contributed by atoms with Crippen LogP contribution in [0.1, 0.15) is 48.9 Å². The summed E-state index contributed by atoms with van der Waals surface area (Å²) in [6.45, 7) is 2.06. The minimum atomic E-state index is -0.486. The number of aromatic nitrogens is 5. The molecule has 34 heavy (non-hydrogen) atoms. The maximum atomic E-state index is 11.5. The zero-order valence-corrected chi connectivity index (χ0v) is 18.8. The van der Waals surface area contributed by atoms with Gasteiger partial charge in [-0.3, -0.25) is 9.98 Å². The second-order valence-corrected chi connectivity index (χ2v) is 9.35. The lowest BCUT2D eigenvalue weighted by atomic mass is 9.72. The molecule has 2 fully saturated rings. The fraction of sp³-hybridized carbons (Fsp3) is 0.333. The summed E-state index contributed by atoms with van der Waals surface area (Å²) >= 11 is 0. The molecular formula is C24H26N8O2. The van der Waals surface area contributed by atoms with Gasteiger partial charge in [0, 0.05) is 22.5 Å². The Labute approximate surface area is 194 Å². The minimum Gasteiger partial charge on any atom is -0.493 e. The molecule has 6 N–H and O–H groups in total. The first-order valence-corrected chi connectivity index (χ1v) is 11.5. The predicted octanol–water partition coefficient (Wildman–Crippen LogP) is 1.45. The summed E-state index contributed by atoms with van der Waals surface area (Å²) in [4.78, 5) is 26.0. The number of H-pyrrole nitrogens is 2. The number of aromatic hydroxyl groups is 1. The Balaban J connectivity index is 1.44. The second-order valence-electron chi connectivity index (χ2n) is 9.35. The maximum Gasteiger partial charge on any atom is 0.326 e. The van der Waals surface area contributed by atoms with E-state index in [4.69, 9.17) is 15.7 Å². The number of nitrogens with two attached hydrogens (primary N) is 1. The maximum absolute atomic E-state index is 11.5. The fourth-order valence-electron chi connectivity index (χ4n) is 4.36. The molecule has 0 aliphatic heterocycles. The number of imidazole rings is 1. The number of hydrogen-bond donors (Lipinski definition) is 5. The lowest BCUT2D eigenvalue weighted by Crippen LogP contribution is -2.43. The van der Waals surface area contributed by atoms with Gasteiger partial charge >= 0.3 is 5.69 Å². The third kappa shape index (κ3) is 3.65. The third-order valence-corrected chi connectivity index (χ3v) is 6.69. The highest BCUT2D eigenvalue weighted by atomic mass is 16.3. The van der Waals surface area contributed by atoms with Gasteiger partial charge in [0.15, 0.2) is 11.1 Å². The van der Waals surface area contributed by atoms with E-state index in [0.29, 0.717) is 28.2 Å².